The van der Waals surface area contributed by atoms with Crippen molar-refractivity contribution in [1.82, 2.24) is 20.0 Å². The molecule has 0 aliphatic carbocycles. The first-order chi connectivity index (χ1) is 19.8. The number of carbonyl (C=O) groups is 2. The molecule has 2 aliphatic rings. The van der Waals surface area contributed by atoms with Gasteiger partial charge in [0, 0.05) is 23.9 Å². The number of hydrogen-bond acceptors (Lipinski definition) is 7. The third kappa shape index (κ3) is 5.20. The minimum absolute atomic E-state index is 0.144. The number of alkyl halides is 3. The summed E-state index contributed by atoms with van der Waals surface area (Å²) in [5.74, 6) is -4.89. The molecule has 0 radical (unpaired) electrons. The average Bonchev–Trinajstić information content (AvgIpc) is 3.36. The normalized spacial score (nSPS) is 19.3. The van der Waals surface area contributed by atoms with Crippen molar-refractivity contribution in [2.45, 2.75) is 43.1 Å². The Kier molecular flexibility index (Phi) is 7.70. The van der Waals surface area contributed by atoms with Gasteiger partial charge < -0.3 is 10.4 Å². The highest BCUT2D eigenvalue weighted by molar-refractivity contribution is 7.98. The standard InChI is InChI=1S/C28H24F5N5O3S/c1-27-11-4-12-38(27)37(14-16-5-3-6-17(29)22(16)30)26(41)21(24(27)39)25(40)35-18-8-9-19(28(31,32)33)36-23(18)15-7-10-20(42-2)34-13-15/h3,5-10,13,39H,4,11-12,14H2,1-2H3,(H,35,40). The first-order valence-corrected chi connectivity index (χ1v) is 13.9. The number of amides is 2. The van der Waals surface area contributed by atoms with Gasteiger partial charge in [-0.1, -0.05) is 12.1 Å². The van der Waals surface area contributed by atoms with Crippen molar-refractivity contribution >= 4 is 29.3 Å². The second-order valence-corrected chi connectivity index (χ2v) is 10.8. The third-order valence-corrected chi connectivity index (χ3v) is 7.98. The molecule has 3 aromatic rings. The molecular formula is C28H24F5N5O3S. The van der Waals surface area contributed by atoms with Crippen molar-refractivity contribution < 1.29 is 36.6 Å². The van der Waals surface area contributed by atoms with Crippen LogP contribution in [-0.4, -0.2) is 55.2 Å². The van der Waals surface area contributed by atoms with Gasteiger partial charge >= 0.3 is 6.18 Å². The Bertz CT molecular complexity index is 1600. The zero-order chi connectivity index (χ0) is 30.4. The Morgan fingerprint density at radius 3 is 2.60 bits per heavy atom. The van der Waals surface area contributed by atoms with E-state index in [0.717, 1.165) is 17.1 Å². The fraction of sp³-hybridized carbons (Fsp3) is 0.286. The Morgan fingerprint density at radius 1 is 1.17 bits per heavy atom. The second-order valence-electron chi connectivity index (χ2n) is 9.93. The number of aliphatic hydroxyl groups is 1. The molecule has 1 atom stereocenters. The number of aromatic nitrogens is 2. The van der Waals surface area contributed by atoms with E-state index < -0.39 is 58.7 Å². The van der Waals surface area contributed by atoms with Crippen LogP contribution in [-0.2, 0) is 22.3 Å². The third-order valence-electron chi connectivity index (χ3n) is 7.32. The van der Waals surface area contributed by atoms with E-state index in [1.54, 1.807) is 19.2 Å². The minimum Gasteiger partial charge on any atom is -0.509 e. The van der Waals surface area contributed by atoms with E-state index in [1.165, 1.54) is 41.2 Å². The summed E-state index contributed by atoms with van der Waals surface area (Å²) < 4.78 is 69.0. The number of halogens is 5. The van der Waals surface area contributed by atoms with Crippen LogP contribution >= 0.6 is 11.8 Å². The van der Waals surface area contributed by atoms with Gasteiger partial charge in [-0.05, 0) is 56.4 Å². The molecule has 42 heavy (non-hydrogen) atoms. The molecule has 14 heteroatoms. The summed E-state index contributed by atoms with van der Waals surface area (Å²) in [7, 11) is 0. The van der Waals surface area contributed by atoms with Crippen molar-refractivity contribution in [3.8, 4) is 11.3 Å². The highest BCUT2D eigenvalue weighted by Crippen LogP contribution is 2.42. The van der Waals surface area contributed by atoms with E-state index in [1.807, 2.05) is 0 Å². The molecule has 1 fully saturated rings. The van der Waals surface area contributed by atoms with Gasteiger partial charge in [0.2, 0.25) is 0 Å². The number of carbonyl (C=O) groups excluding carboxylic acids is 2. The zero-order valence-electron chi connectivity index (χ0n) is 22.3. The maximum Gasteiger partial charge on any atom is 0.433 e. The predicted octanol–water partition coefficient (Wildman–Crippen LogP) is 5.73. The number of benzene rings is 1. The molecule has 1 aromatic carbocycles. The number of fused-ring (bicyclic) bond motifs is 1. The molecule has 1 unspecified atom stereocenters. The summed E-state index contributed by atoms with van der Waals surface area (Å²) >= 11 is 1.32. The molecule has 0 saturated carbocycles. The molecule has 2 N–H and O–H groups in total. The highest BCUT2D eigenvalue weighted by atomic mass is 32.2. The Hall–Kier alpha value is -4.04. The molecular weight excluding hydrogens is 581 g/mol. The molecule has 220 valence electrons. The molecule has 0 spiro atoms. The number of pyridine rings is 2. The van der Waals surface area contributed by atoms with Crippen LogP contribution in [0, 0.1) is 11.6 Å². The molecule has 8 nitrogen and oxygen atoms in total. The largest absolute Gasteiger partial charge is 0.509 e. The van der Waals surface area contributed by atoms with Crippen molar-refractivity contribution in [2.24, 2.45) is 0 Å². The smallest absolute Gasteiger partial charge is 0.433 e. The number of nitrogens with zero attached hydrogens (tertiary/aromatic N) is 4. The molecule has 2 aliphatic heterocycles. The SMILES string of the molecule is CSc1ccc(-c2nc(C(F)(F)F)ccc2NC(=O)C2=C(O)C3(C)CCCN3N(Cc3cccc(F)c3F)C2=O)cn1. The van der Waals surface area contributed by atoms with E-state index in [-0.39, 0.29) is 22.5 Å². The van der Waals surface area contributed by atoms with Crippen LogP contribution in [0.25, 0.3) is 11.3 Å². The topological polar surface area (TPSA) is 98.7 Å². The number of aliphatic hydroxyl groups excluding tert-OH is 1. The molecule has 4 heterocycles. The van der Waals surface area contributed by atoms with E-state index in [2.05, 4.69) is 15.3 Å². The lowest BCUT2D eigenvalue weighted by atomic mass is 9.90. The average molecular weight is 606 g/mol. The predicted molar refractivity (Wildman–Crippen MR) is 144 cm³/mol. The number of hydrogen-bond donors (Lipinski definition) is 2. The monoisotopic (exact) mass is 605 g/mol. The molecule has 5 rings (SSSR count). The zero-order valence-corrected chi connectivity index (χ0v) is 23.1. The van der Waals surface area contributed by atoms with Crippen LogP contribution in [0.15, 0.2) is 65.0 Å². The lowest BCUT2D eigenvalue weighted by Gasteiger charge is -2.46. The van der Waals surface area contributed by atoms with E-state index in [4.69, 9.17) is 0 Å². The van der Waals surface area contributed by atoms with Crippen LogP contribution < -0.4 is 5.32 Å². The van der Waals surface area contributed by atoms with Gasteiger partial charge in [0.15, 0.2) is 11.6 Å². The van der Waals surface area contributed by atoms with Gasteiger partial charge in [-0.15, -0.1) is 11.8 Å². The lowest BCUT2D eigenvalue weighted by Crippen LogP contribution is -2.60. The van der Waals surface area contributed by atoms with Gasteiger partial charge in [0.25, 0.3) is 11.8 Å². The van der Waals surface area contributed by atoms with Crippen molar-refractivity contribution in [1.29, 1.82) is 0 Å². The van der Waals surface area contributed by atoms with Gasteiger partial charge in [-0.25, -0.2) is 23.8 Å². The van der Waals surface area contributed by atoms with Gasteiger partial charge in [0.1, 0.15) is 17.0 Å². The van der Waals surface area contributed by atoms with Crippen molar-refractivity contribution in [3.63, 3.8) is 0 Å². The summed E-state index contributed by atoms with van der Waals surface area (Å²) in [6.45, 7) is 1.47. The van der Waals surface area contributed by atoms with E-state index in [0.29, 0.717) is 30.5 Å². The fourth-order valence-corrected chi connectivity index (χ4v) is 5.51. The van der Waals surface area contributed by atoms with E-state index in [9.17, 15) is 36.6 Å². The minimum atomic E-state index is -4.78. The Labute approximate surface area is 241 Å². The Balaban J connectivity index is 1.54. The quantitative estimate of drug-likeness (QED) is 0.211. The first-order valence-electron chi connectivity index (χ1n) is 12.7. The van der Waals surface area contributed by atoms with Crippen LogP contribution in [0.3, 0.4) is 0 Å². The molecule has 1 saturated heterocycles. The van der Waals surface area contributed by atoms with Crippen LogP contribution in [0.1, 0.15) is 31.0 Å². The van der Waals surface area contributed by atoms with Crippen LogP contribution in [0.2, 0.25) is 0 Å². The molecule has 2 aromatic heterocycles. The summed E-state index contributed by atoms with van der Waals surface area (Å²) in [5, 5.41) is 16.8. The summed E-state index contributed by atoms with van der Waals surface area (Å²) in [5.41, 5.74) is -3.50. The first kappa shape index (κ1) is 29.5. The van der Waals surface area contributed by atoms with Gasteiger partial charge in [0.05, 0.1) is 28.5 Å². The maximum absolute atomic E-state index is 14.5. The van der Waals surface area contributed by atoms with E-state index >= 15 is 0 Å². The fourth-order valence-electron chi connectivity index (χ4n) is 5.14. The molecule has 2 amide bonds. The lowest BCUT2D eigenvalue weighted by molar-refractivity contribution is -0.160. The van der Waals surface area contributed by atoms with Gasteiger partial charge in [-0.2, -0.15) is 13.2 Å². The number of nitrogens with one attached hydrogen (secondary N) is 1. The summed E-state index contributed by atoms with van der Waals surface area (Å²) in [6.07, 6.45) is -0.839. The van der Waals surface area contributed by atoms with Crippen LogP contribution in [0.4, 0.5) is 27.6 Å². The van der Waals surface area contributed by atoms with Crippen LogP contribution in [0.5, 0.6) is 0 Å². The van der Waals surface area contributed by atoms with Crippen molar-refractivity contribution in [3.05, 3.63) is 82.9 Å². The summed E-state index contributed by atoms with van der Waals surface area (Å²) in [4.78, 5) is 35.2. The number of hydrazine groups is 1. The number of thioether (sulfide) groups is 1. The highest BCUT2D eigenvalue weighted by Gasteiger charge is 2.52. The Morgan fingerprint density at radius 2 is 1.93 bits per heavy atom. The number of rotatable bonds is 6. The van der Waals surface area contributed by atoms with Crippen molar-refractivity contribution in [2.75, 3.05) is 18.1 Å². The van der Waals surface area contributed by atoms with Gasteiger partial charge in [-0.3, -0.25) is 14.6 Å². The summed E-state index contributed by atoms with van der Waals surface area (Å²) in [6, 6.07) is 8.26. The molecule has 0 bridgehead atoms. The number of anilines is 1. The second kappa shape index (κ2) is 11.0. The maximum atomic E-state index is 14.5.